The molecule has 0 bridgehead atoms. The lowest BCUT2D eigenvalue weighted by molar-refractivity contribution is 0.199. The SMILES string of the molecule is CCOP1(=O)OCCO1.Cl. The van der Waals surface area contributed by atoms with Gasteiger partial charge in [0.15, 0.2) is 0 Å². The van der Waals surface area contributed by atoms with E-state index in [1.54, 1.807) is 6.92 Å². The fourth-order valence-corrected chi connectivity index (χ4v) is 1.70. The van der Waals surface area contributed by atoms with Gasteiger partial charge >= 0.3 is 7.82 Å². The summed E-state index contributed by atoms with van der Waals surface area (Å²) in [5.74, 6) is 0. The predicted molar refractivity (Wildman–Crippen MR) is 38.4 cm³/mol. The summed E-state index contributed by atoms with van der Waals surface area (Å²) < 4.78 is 25.0. The van der Waals surface area contributed by atoms with Crippen molar-refractivity contribution in [3.05, 3.63) is 0 Å². The Bertz CT molecular complexity index is 129. The Balaban J connectivity index is 0.000000810. The molecule has 0 unspecified atom stereocenters. The first-order chi connectivity index (χ1) is 4.27. The van der Waals surface area contributed by atoms with Gasteiger partial charge in [-0.2, -0.15) is 0 Å². The molecule has 1 fully saturated rings. The van der Waals surface area contributed by atoms with Crippen LogP contribution in [0.4, 0.5) is 0 Å². The zero-order chi connectivity index (χ0) is 6.74. The molecule has 0 aromatic rings. The van der Waals surface area contributed by atoms with E-state index in [-0.39, 0.29) is 12.4 Å². The molecule has 0 atom stereocenters. The quantitative estimate of drug-likeness (QED) is 0.618. The highest BCUT2D eigenvalue weighted by Gasteiger charge is 2.30. The molecule has 0 radical (unpaired) electrons. The van der Waals surface area contributed by atoms with Crippen LogP contribution in [0.5, 0.6) is 0 Å². The van der Waals surface area contributed by atoms with E-state index in [0.29, 0.717) is 19.8 Å². The van der Waals surface area contributed by atoms with Gasteiger partial charge in [0.25, 0.3) is 0 Å². The zero-order valence-corrected chi connectivity index (χ0v) is 7.32. The predicted octanol–water partition coefficient (Wildman–Crippen LogP) is 1.60. The van der Waals surface area contributed by atoms with E-state index in [2.05, 4.69) is 0 Å². The smallest absolute Gasteiger partial charge is 0.287 e. The summed E-state index contributed by atoms with van der Waals surface area (Å²) in [5, 5.41) is 0. The highest BCUT2D eigenvalue weighted by molar-refractivity contribution is 7.48. The molecule has 1 heterocycles. The summed E-state index contributed by atoms with van der Waals surface area (Å²) in [6.45, 7) is 2.84. The van der Waals surface area contributed by atoms with Crippen LogP contribution in [-0.2, 0) is 18.1 Å². The Hall–Kier alpha value is 0.400. The van der Waals surface area contributed by atoms with Crippen LogP contribution in [0.25, 0.3) is 0 Å². The largest absolute Gasteiger partial charge is 0.474 e. The van der Waals surface area contributed by atoms with Gasteiger partial charge in [0, 0.05) is 0 Å². The fraction of sp³-hybridized carbons (Fsp3) is 1.00. The molecule has 1 saturated heterocycles. The van der Waals surface area contributed by atoms with Crippen molar-refractivity contribution in [2.75, 3.05) is 19.8 Å². The molecule has 0 N–H and O–H groups in total. The number of hydrogen-bond donors (Lipinski definition) is 0. The van der Waals surface area contributed by atoms with Crippen molar-refractivity contribution in [2.45, 2.75) is 6.92 Å². The van der Waals surface area contributed by atoms with E-state index < -0.39 is 7.82 Å². The van der Waals surface area contributed by atoms with Gasteiger partial charge in [0.2, 0.25) is 0 Å². The Morgan fingerprint density at radius 2 is 2.00 bits per heavy atom. The van der Waals surface area contributed by atoms with Crippen molar-refractivity contribution < 1.29 is 18.1 Å². The molecule has 0 spiro atoms. The van der Waals surface area contributed by atoms with Gasteiger partial charge in [-0.1, -0.05) is 0 Å². The van der Waals surface area contributed by atoms with Gasteiger partial charge < -0.3 is 0 Å². The van der Waals surface area contributed by atoms with Gasteiger partial charge in [-0.3, -0.25) is 13.6 Å². The lowest BCUT2D eigenvalue weighted by Crippen LogP contribution is -1.87. The molecular weight excluding hydrogens is 178 g/mol. The number of rotatable bonds is 2. The van der Waals surface area contributed by atoms with E-state index in [4.69, 9.17) is 13.6 Å². The van der Waals surface area contributed by atoms with Crippen LogP contribution in [0.1, 0.15) is 6.92 Å². The molecule has 1 aliphatic rings. The number of phosphoric ester groups is 1. The van der Waals surface area contributed by atoms with E-state index in [0.717, 1.165) is 0 Å². The van der Waals surface area contributed by atoms with E-state index >= 15 is 0 Å². The van der Waals surface area contributed by atoms with Gasteiger partial charge in [-0.25, -0.2) is 4.57 Å². The van der Waals surface area contributed by atoms with Crippen molar-refractivity contribution in [3.8, 4) is 0 Å². The van der Waals surface area contributed by atoms with E-state index in [9.17, 15) is 4.57 Å². The Labute approximate surface area is 65.9 Å². The maximum absolute atomic E-state index is 10.9. The van der Waals surface area contributed by atoms with Gasteiger partial charge in [0.1, 0.15) is 0 Å². The Morgan fingerprint density at radius 3 is 2.40 bits per heavy atom. The number of halogens is 1. The zero-order valence-electron chi connectivity index (χ0n) is 5.61. The Kier molecular flexibility index (Phi) is 4.49. The summed E-state index contributed by atoms with van der Waals surface area (Å²) in [5.41, 5.74) is 0. The minimum Gasteiger partial charge on any atom is -0.287 e. The van der Waals surface area contributed by atoms with Crippen LogP contribution in [-0.4, -0.2) is 19.8 Å². The Morgan fingerprint density at radius 1 is 1.50 bits per heavy atom. The number of hydrogen-bond acceptors (Lipinski definition) is 4. The number of phosphoric acid groups is 1. The topological polar surface area (TPSA) is 44.8 Å². The van der Waals surface area contributed by atoms with Crippen LogP contribution in [0.15, 0.2) is 0 Å². The fourth-order valence-electron chi connectivity index (χ4n) is 0.568. The second-order valence-corrected chi connectivity index (χ2v) is 3.20. The minimum absolute atomic E-state index is 0. The van der Waals surface area contributed by atoms with Crippen LogP contribution < -0.4 is 0 Å². The average Bonchev–Trinajstić information content (AvgIpc) is 2.16. The van der Waals surface area contributed by atoms with Crippen LogP contribution in [0, 0.1) is 0 Å². The van der Waals surface area contributed by atoms with Crippen LogP contribution in [0.2, 0.25) is 0 Å². The third-order valence-corrected chi connectivity index (χ3v) is 2.44. The summed E-state index contributed by atoms with van der Waals surface area (Å²) in [4.78, 5) is 0. The highest BCUT2D eigenvalue weighted by Crippen LogP contribution is 2.52. The van der Waals surface area contributed by atoms with Gasteiger partial charge in [-0.15, -0.1) is 12.4 Å². The molecule has 1 rings (SSSR count). The normalized spacial score (nSPS) is 22.1. The summed E-state index contributed by atoms with van der Waals surface area (Å²) in [7, 11) is -3.07. The molecule has 0 aromatic heterocycles. The molecule has 0 aliphatic carbocycles. The molecule has 6 heteroatoms. The maximum Gasteiger partial charge on any atom is 0.474 e. The van der Waals surface area contributed by atoms with Crippen molar-refractivity contribution >= 4 is 20.2 Å². The highest BCUT2D eigenvalue weighted by atomic mass is 35.5. The standard InChI is InChI=1S/C4H9O4P.ClH/c1-2-6-9(5)7-3-4-8-9;/h2-4H2,1H3;1H. The first kappa shape index (κ1) is 10.4. The lowest BCUT2D eigenvalue weighted by Gasteiger charge is -2.05. The van der Waals surface area contributed by atoms with Crippen LogP contribution >= 0.6 is 20.2 Å². The van der Waals surface area contributed by atoms with Crippen molar-refractivity contribution in [1.82, 2.24) is 0 Å². The maximum atomic E-state index is 10.9. The second kappa shape index (κ2) is 4.31. The summed E-state index contributed by atoms with van der Waals surface area (Å²) in [6.07, 6.45) is 0. The molecule has 0 aromatic carbocycles. The molecule has 1 aliphatic heterocycles. The van der Waals surface area contributed by atoms with Crippen molar-refractivity contribution in [2.24, 2.45) is 0 Å². The summed E-state index contributed by atoms with van der Waals surface area (Å²) in [6, 6.07) is 0. The van der Waals surface area contributed by atoms with Crippen molar-refractivity contribution in [1.29, 1.82) is 0 Å². The summed E-state index contributed by atoms with van der Waals surface area (Å²) >= 11 is 0. The molecule has 4 nitrogen and oxygen atoms in total. The molecule has 0 saturated carbocycles. The van der Waals surface area contributed by atoms with Gasteiger partial charge in [-0.05, 0) is 6.92 Å². The first-order valence-corrected chi connectivity index (χ1v) is 4.26. The van der Waals surface area contributed by atoms with E-state index in [1.165, 1.54) is 0 Å². The third-order valence-electron chi connectivity index (χ3n) is 0.869. The third kappa shape index (κ3) is 2.56. The van der Waals surface area contributed by atoms with Crippen LogP contribution in [0.3, 0.4) is 0 Å². The first-order valence-electron chi connectivity index (χ1n) is 2.80. The monoisotopic (exact) mass is 188 g/mol. The molecular formula is C4H10ClO4P. The van der Waals surface area contributed by atoms with Crippen molar-refractivity contribution in [3.63, 3.8) is 0 Å². The van der Waals surface area contributed by atoms with E-state index in [1.807, 2.05) is 0 Å². The molecule has 62 valence electrons. The van der Waals surface area contributed by atoms with Gasteiger partial charge in [0.05, 0.1) is 19.8 Å². The lowest BCUT2D eigenvalue weighted by atomic mass is 10.8. The second-order valence-electron chi connectivity index (χ2n) is 1.53. The minimum atomic E-state index is -3.07. The average molecular weight is 189 g/mol. The molecule has 10 heavy (non-hydrogen) atoms. The molecule has 0 amide bonds.